The van der Waals surface area contributed by atoms with Crippen molar-refractivity contribution in [1.82, 2.24) is 0 Å². The molecule has 0 amide bonds. The van der Waals surface area contributed by atoms with Gasteiger partial charge in [0.15, 0.2) is 0 Å². The van der Waals surface area contributed by atoms with Crippen molar-refractivity contribution in [3.63, 3.8) is 0 Å². The summed E-state index contributed by atoms with van der Waals surface area (Å²) in [7, 11) is 0. The fourth-order valence-corrected chi connectivity index (χ4v) is 3.01. The van der Waals surface area contributed by atoms with Crippen molar-refractivity contribution in [2.75, 3.05) is 5.32 Å². The van der Waals surface area contributed by atoms with Crippen LogP contribution >= 0.6 is 11.6 Å². The monoisotopic (exact) mass is 382 g/mol. The fraction of sp³-hybridized carbons (Fsp3) is 0.143. The van der Waals surface area contributed by atoms with E-state index < -0.39 is 11.0 Å². The predicted molar refractivity (Wildman–Crippen MR) is 107 cm³/mol. The molecular formula is C21H19ClN2O3. The molecule has 3 rings (SSSR count). The summed E-state index contributed by atoms with van der Waals surface area (Å²) in [5, 5.41) is 25.5. The number of rotatable bonds is 7. The van der Waals surface area contributed by atoms with Crippen LogP contribution in [0.5, 0.6) is 0 Å². The van der Waals surface area contributed by atoms with Gasteiger partial charge in [0.05, 0.1) is 17.1 Å². The summed E-state index contributed by atoms with van der Waals surface area (Å²) in [5.74, 6) is 0. The van der Waals surface area contributed by atoms with E-state index in [1.165, 1.54) is 12.1 Å². The second kappa shape index (κ2) is 8.66. The lowest BCUT2D eigenvalue weighted by atomic mass is 9.96. The van der Waals surface area contributed by atoms with Crippen molar-refractivity contribution in [2.45, 2.75) is 18.6 Å². The van der Waals surface area contributed by atoms with Gasteiger partial charge in [-0.1, -0.05) is 54.1 Å². The number of nitro groups is 1. The van der Waals surface area contributed by atoms with Crippen LogP contribution in [0.1, 0.15) is 29.7 Å². The van der Waals surface area contributed by atoms with Gasteiger partial charge in [0.2, 0.25) is 0 Å². The second-order valence-corrected chi connectivity index (χ2v) is 6.65. The first-order valence-corrected chi connectivity index (χ1v) is 8.90. The Kier molecular flexibility index (Phi) is 6.06. The Bertz CT molecular complexity index is 884. The van der Waals surface area contributed by atoms with Gasteiger partial charge in [0, 0.05) is 29.3 Å². The fourth-order valence-electron chi connectivity index (χ4n) is 2.89. The Morgan fingerprint density at radius 1 is 0.926 bits per heavy atom. The molecule has 3 aromatic carbocycles. The van der Waals surface area contributed by atoms with E-state index in [9.17, 15) is 15.2 Å². The number of halogens is 1. The van der Waals surface area contributed by atoms with Gasteiger partial charge in [0.25, 0.3) is 5.69 Å². The molecule has 0 fully saturated rings. The first kappa shape index (κ1) is 18.9. The maximum atomic E-state index is 10.8. The lowest BCUT2D eigenvalue weighted by Crippen LogP contribution is -2.15. The molecule has 0 aliphatic rings. The zero-order valence-corrected chi connectivity index (χ0v) is 15.2. The normalized spacial score (nSPS) is 13.0. The molecule has 2 atom stereocenters. The summed E-state index contributed by atoms with van der Waals surface area (Å²) < 4.78 is 0. The minimum absolute atomic E-state index is 0.0351. The minimum atomic E-state index is -0.655. The lowest BCUT2D eigenvalue weighted by Gasteiger charge is -2.23. The number of nitrogens with zero attached hydrogens (tertiary/aromatic N) is 1. The van der Waals surface area contributed by atoms with Gasteiger partial charge in [-0.3, -0.25) is 10.1 Å². The highest BCUT2D eigenvalue weighted by molar-refractivity contribution is 6.30. The summed E-state index contributed by atoms with van der Waals surface area (Å²) in [5.41, 5.74) is 2.57. The predicted octanol–water partition coefficient (Wildman–Crippen LogP) is 5.53. The zero-order valence-electron chi connectivity index (χ0n) is 14.5. The minimum Gasteiger partial charge on any atom is -0.388 e. The van der Waals surface area contributed by atoms with E-state index in [0.717, 1.165) is 16.8 Å². The molecule has 2 unspecified atom stereocenters. The molecule has 0 aliphatic heterocycles. The average Bonchev–Trinajstić information content (AvgIpc) is 2.69. The largest absolute Gasteiger partial charge is 0.388 e. The molecule has 0 bridgehead atoms. The Morgan fingerprint density at radius 2 is 1.56 bits per heavy atom. The maximum Gasteiger partial charge on any atom is 0.269 e. The number of anilines is 1. The molecule has 0 aromatic heterocycles. The van der Waals surface area contributed by atoms with E-state index >= 15 is 0 Å². The third kappa shape index (κ3) is 5.06. The van der Waals surface area contributed by atoms with E-state index in [0.29, 0.717) is 11.4 Å². The Hall–Kier alpha value is -2.89. The van der Waals surface area contributed by atoms with Crippen molar-refractivity contribution < 1.29 is 10.0 Å². The summed E-state index contributed by atoms with van der Waals surface area (Å²) in [6, 6.07) is 22.9. The topological polar surface area (TPSA) is 75.4 Å². The highest BCUT2D eigenvalue weighted by atomic mass is 35.5. The summed E-state index contributed by atoms with van der Waals surface area (Å²) in [4.78, 5) is 10.4. The molecule has 2 N–H and O–H groups in total. The smallest absolute Gasteiger partial charge is 0.269 e. The molecule has 6 heteroatoms. The van der Waals surface area contributed by atoms with E-state index in [2.05, 4.69) is 5.32 Å². The first-order chi connectivity index (χ1) is 13.0. The molecule has 0 saturated heterocycles. The highest BCUT2D eigenvalue weighted by Crippen LogP contribution is 2.31. The molecule has 27 heavy (non-hydrogen) atoms. The molecule has 0 aliphatic carbocycles. The molecule has 0 radical (unpaired) electrons. The van der Waals surface area contributed by atoms with Gasteiger partial charge in [0.1, 0.15) is 0 Å². The van der Waals surface area contributed by atoms with Crippen LogP contribution in [0.25, 0.3) is 0 Å². The summed E-state index contributed by atoms with van der Waals surface area (Å²) >= 11 is 5.99. The average molecular weight is 383 g/mol. The first-order valence-electron chi connectivity index (χ1n) is 8.52. The number of nitrogens with one attached hydrogen (secondary N) is 1. The van der Waals surface area contributed by atoms with E-state index in [4.69, 9.17) is 11.6 Å². The lowest BCUT2D eigenvalue weighted by molar-refractivity contribution is -0.384. The molecular weight excluding hydrogens is 364 g/mol. The van der Waals surface area contributed by atoms with Gasteiger partial charge in [-0.25, -0.2) is 0 Å². The number of aliphatic hydroxyl groups is 1. The highest BCUT2D eigenvalue weighted by Gasteiger charge is 2.18. The number of benzene rings is 3. The van der Waals surface area contributed by atoms with Crippen molar-refractivity contribution in [1.29, 1.82) is 0 Å². The standard InChI is InChI=1S/C21H19ClN2O3/c22-17-8-6-15(7-9-17)20(14-21(25)16-4-2-1-3-5-16)23-18-10-12-19(13-11-18)24(26)27/h1-13,20-21,23,25H,14H2. The molecule has 0 saturated carbocycles. The number of hydrogen-bond donors (Lipinski definition) is 2. The van der Waals surface area contributed by atoms with Gasteiger partial charge >= 0.3 is 0 Å². The van der Waals surface area contributed by atoms with Gasteiger partial charge in [-0.15, -0.1) is 0 Å². The van der Waals surface area contributed by atoms with Crippen LogP contribution < -0.4 is 5.32 Å². The van der Waals surface area contributed by atoms with Crippen molar-refractivity contribution in [3.05, 3.63) is 105 Å². The zero-order chi connectivity index (χ0) is 19.2. The van der Waals surface area contributed by atoms with Crippen LogP contribution in [-0.4, -0.2) is 10.0 Å². The third-order valence-corrected chi connectivity index (χ3v) is 4.59. The maximum absolute atomic E-state index is 10.8. The van der Waals surface area contributed by atoms with Crippen LogP contribution in [0.15, 0.2) is 78.9 Å². The SMILES string of the molecule is O=[N+]([O-])c1ccc(NC(CC(O)c2ccccc2)c2ccc(Cl)cc2)cc1. The number of nitro benzene ring substituents is 1. The van der Waals surface area contributed by atoms with Gasteiger partial charge in [-0.2, -0.15) is 0 Å². The van der Waals surface area contributed by atoms with Crippen LogP contribution in [0.3, 0.4) is 0 Å². The summed E-state index contributed by atoms with van der Waals surface area (Å²) in [6.45, 7) is 0. The van der Waals surface area contributed by atoms with E-state index in [1.54, 1.807) is 24.3 Å². The third-order valence-electron chi connectivity index (χ3n) is 4.33. The number of hydrogen-bond acceptors (Lipinski definition) is 4. The summed E-state index contributed by atoms with van der Waals surface area (Å²) in [6.07, 6.45) is -0.222. The second-order valence-electron chi connectivity index (χ2n) is 6.21. The quantitative estimate of drug-likeness (QED) is 0.416. The van der Waals surface area contributed by atoms with Crippen LogP contribution in [0.2, 0.25) is 5.02 Å². The Labute approximate surface area is 162 Å². The molecule has 0 heterocycles. The molecule has 5 nitrogen and oxygen atoms in total. The van der Waals surface area contributed by atoms with E-state index in [-0.39, 0.29) is 11.7 Å². The molecule has 138 valence electrons. The van der Waals surface area contributed by atoms with Crippen LogP contribution in [0, 0.1) is 10.1 Å². The Balaban J connectivity index is 1.83. The van der Waals surface area contributed by atoms with Crippen molar-refractivity contribution in [2.24, 2.45) is 0 Å². The van der Waals surface area contributed by atoms with Crippen LogP contribution in [0.4, 0.5) is 11.4 Å². The van der Waals surface area contributed by atoms with Crippen molar-refractivity contribution >= 4 is 23.0 Å². The van der Waals surface area contributed by atoms with Crippen LogP contribution in [-0.2, 0) is 0 Å². The number of non-ortho nitro benzene ring substituents is 1. The molecule has 3 aromatic rings. The molecule has 0 spiro atoms. The van der Waals surface area contributed by atoms with E-state index in [1.807, 2.05) is 42.5 Å². The Morgan fingerprint density at radius 3 is 2.15 bits per heavy atom. The number of aliphatic hydroxyl groups excluding tert-OH is 1. The van der Waals surface area contributed by atoms with Crippen molar-refractivity contribution in [3.8, 4) is 0 Å². The van der Waals surface area contributed by atoms with Gasteiger partial charge in [-0.05, 0) is 35.4 Å². The van der Waals surface area contributed by atoms with Gasteiger partial charge < -0.3 is 10.4 Å².